The first-order valence-corrected chi connectivity index (χ1v) is 8.79. The number of anilines is 1. The van der Waals surface area contributed by atoms with E-state index in [1.807, 2.05) is 50.2 Å². The highest BCUT2D eigenvalue weighted by atomic mass is 35.5. The van der Waals surface area contributed by atoms with Gasteiger partial charge in [-0.1, -0.05) is 36.7 Å². The van der Waals surface area contributed by atoms with Crippen molar-refractivity contribution in [1.82, 2.24) is 5.32 Å². The van der Waals surface area contributed by atoms with Crippen molar-refractivity contribution in [3.05, 3.63) is 58.6 Å². The summed E-state index contributed by atoms with van der Waals surface area (Å²) in [6.45, 7) is 5.89. The molecule has 2 N–H and O–H groups in total. The fourth-order valence-corrected chi connectivity index (χ4v) is 2.81. The summed E-state index contributed by atoms with van der Waals surface area (Å²) in [5, 5.41) is 6.94. The monoisotopic (exact) mass is 360 g/mol. The molecule has 2 atom stereocenters. The molecule has 0 aliphatic carbocycles. The molecule has 0 saturated carbocycles. The van der Waals surface area contributed by atoms with Crippen molar-refractivity contribution >= 4 is 23.2 Å². The molecule has 25 heavy (non-hydrogen) atoms. The van der Waals surface area contributed by atoms with Gasteiger partial charge in [-0.05, 0) is 55.7 Å². The molecule has 0 fully saturated rings. The lowest BCUT2D eigenvalue weighted by Crippen LogP contribution is -2.40. The second-order valence-electron chi connectivity index (χ2n) is 6.07. The van der Waals surface area contributed by atoms with Crippen LogP contribution in [0, 0.1) is 6.92 Å². The molecule has 1 amide bonds. The van der Waals surface area contributed by atoms with Gasteiger partial charge in [-0.3, -0.25) is 10.1 Å². The van der Waals surface area contributed by atoms with Gasteiger partial charge in [0.05, 0.1) is 13.2 Å². The van der Waals surface area contributed by atoms with Crippen LogP contribution in [0.25, 0.3) is 0 Å². The van der Waals surface area contributed by atoms with Gasteiger partial charge in [-0.2, -0.15) is 0 Å². The van der Waals surface area contributed by atoms with Crippen molar-refractivity contribution in [1.29, 1.82) is 0 Å². The molecule has 2 rings (SSSR count). The van der Waals surface area contributed by atoms with Gasteiger partial charge in [0.25, 0.3) is 0 Å². The molecule has 4 nitrogen and oxygen atoms in total. The minimum atomic E-state index is -0.342. The van der Waals surface area contributed by atoms with Crippen LogP contribution in [0.3, 0.4) is 0 Å². The molecular formula is C20H25ClN2O2. The van der Waals surface area contributed by atoms with E-state index in [4.69, 9.17) is 16.3 Å². The van der Waals surface area contributed by atoms with Gasteiger partial charge in [0.2, 0.25) is 5.91 Å². The number of ether oxygens (including phenoxy) is 1. The Balaban J connectivity index is 2.03. The van der Waals surface area contributed by atoms with Crippen LogP contribution in [0.15, 0.2) is 42.5 Å². The molecule has 0 radical (unpaired) electrons. The van der Waals surface area contributed by atoms with Crippen molar-refractivity contribution in [2.75, 3.05) is 12.4 Å². The third kappa shape index (κ3) is 5.21. The van der Waals surface area contributed by atoms with E-state index in [2.05, 4.69) is 17.6 Å². The Kier molecular flexibility index (Phi) is 6.85. The van der Waals surface area contributed by atoms with E-state index >= 15 is 0 Å². The van der Waals surface area contributed by atoms with Crippen LogP contribution >= 0.6 is 11.6 Å². The van der Waals surface area contributed by atoms with E-state index in [-0.39, 0.29) is 18.0 Å². The molecule has 0 heterocycles. The maximum absolute atomic E-state index is 12.5. The predicted molar refractivity (Wildman–Crippen MR) is 103 cm³/mol. The Hall–Kier alpha value is -2.04. The summed E-state index contributed by atoms with van der Waals surface area (Å²) in [6, 6.07) is 13.1. The highest BCUT2D eigenvalue weighted by molar-refractivity contribution is 6.31. The number of aryl methyl sites for hydroxylation is 1. The first kappa shape index (κ1) is 19.3. The van der Waals surface area contributed by atoms with E-state index in [0.29, 0.717) is 5.02 Å². The molecular weight excluding hydrogens is 336 g/mol. The molecule has 0 aliphatic heterocycles. The zero-order chi connectivity index (χ0) is 18.4. The molecule has 0 spiro atoms. The van der Waals surface area contributed by atoms with Gasteiger partial charge in [-0.15, -0.1) is 0 Å². The molecule has 0 aliphatic rings. The van der Waals surface area contributed by atoms with Gasteiger partial charge in [0.1, 0.15) is 5.75 Å². The van der Waals surface area contributed by atoms with Gasteiger partial charge < -0.3 is 10.1 Å². The standard InChI is InChI=1S/C20H25ClN2O2/c1-5-18(15-7-10-17(25-4)11-8-15)22-14(3)20(24)23-19-12-16(21)9-6-13(19)2/h6-12,14,18,22H,5H2,1-4H3,(H,23,24). The highest BCUT2D eigenvalue weighted by Crippen LogP contribution is 2.22. The van der Waals surface area contributed by atoms with Crippen LogP contribution in [-0.2, 0) is 4.79 Å². The molecule has 5 heteroatoms. The zero-order valence-electron chi connectivity index (χ0n) is 15.1. The summed E-state index contributed by atoms with van der Waals surface area (Å²) in [5.41, 5.74) is 2.85. The highest BCUT2D eigenvalue weighted by Gasteiger charge is 2.19. The van der Waals surface area contributed by atoms with E-state index in [9.17, 15) is 4.79 Å². The number of carbonyl (C=O) groups excluding carboxylic acids is 1. The van der Waals surface area contributed by atoms with Gasteiger partial charge >= 0.3 is 0 Å². The normalized spacial score (nSPS) is 13.2. The number of halogens is 1. The van der Waals surface area contributed by atoms with E-state index in [0.717, 1.165) is 29.0 Å². The van der Waals surface area contributed by atoms with Crippen molar-refractivity contribution in [2.45, 2.75) is 39.3 Å². The minimum Gasteiger partial charge on any atom is -0.497 e. The van der Waals surface area contributed by atoms with E-state index in [1.165, 1.54) is 0 Å². The Morgan fingerprint density at radius 3 is 2.48 bits per heavy atom. The Morgan fingerprint density at radius 2 is 1.88 bits per heavy atom. The number of rotatable bonds is 7. The number of amides is 1. The van der Waals surface area contributed by atoms with Crippen molar-refractivity contribution in [2.24, 2.45) is 0 Å². The first-order valence-electron chi connectivity index (χ1n) is 8.41. The lowest BCUT2D eigenvalue weighted by molar-refractivity contribution is -0.118. The Bertz CT molecular complexity index is 716. The second-order valence-corrected chi connectivity index (χ2v) is 6.51. The van der Waals surface area contributed by atoms with Gasteiger partial charge in [0, 0.05) is 16.8 Å². The van der Waals surface area contributed by atoms with E-state index < -0.39 is 0 Å². The molecule has 2 aromatic carbocycles. The molecule has 2 aromatic rings. The van der Waals surface area contributed by atoms with Crippen molar-refractivity contribution < 1.29 is 9.53 Å². The van der Waals surface area contributed by atoms with Crippen molar-refractivity contribution in [3.63, 3.8) is 0 Å². The molecule has 134 valence electrons. The minimum absolute atomic E-state index is 0.0858. The van der Waals surface area contributed by atoms with Crippen molar-refractivity contribution in [3.8, 4) is 5.75 Å². The fourth-order valence-electron chi connectivity index (χ4n) is 2.63. The topological polar surface area (TPSA) is 50.4 Å². The summed E-state index contributed by atoms with van der Waals surface area (Å²) in [5.74, 6) is 0.734. The molecule has 0 saturated heterocycles. The average Bonchev–Trinajstić information content (AvgIpc) is 2.62. The lowest BCUT2D eigenvalue weighted by Gasteiger charge is -2.23. The molecule has 0 aromatic heterocycles. The number of methoxy groups -OCH3 is 1. The largest absolute Gasteiger partial charge is 0.497 e. The third-order valence-electron chi connectivity index (χ3n) is 4.23. The predicted octanol–water partition coefficient (Wildman–Crippen LogP) is 4.72. The summed E-state index contributed by atoms with van der Waals surface area (Å²) >= 11 is 6.01. The number of benzene rings is 2. The average molecular weight is 361 g/mol. The summed E-state index contributed by atoms with van der Waals surface area (Å²) < 4.78 is 5.19. The second kappa shape index (κ2) is 8.88. The maximum Gasteiger partial charge on any atom is 0.241 e. The number of carbonyl (C=O) groups is 1. The third-order valence-corrected chi connectivity index (χ3v) is 4.46. The van der Waals surface area contributed by atoms with Crippen LogP contribution in [0.5, 0.6) is 5.75 Å². The zero-order valence-corrected chi connectivity index (χ0v) is 15.9. The van der Waals surface area contributed by atoms with Gasteiger partial charge in [-0.25, -0.2) is 0 Å². The smallest absolute Gasteiger partial charge is 0.241 e. The van der Waals surface area contributed by atoms with Crippen LogP contribution in [0.2, 0.25) is 5.02 Å². The Morgan fingerprint density at radius 1 is 1.20 bits per heavy atom. The molecule has 0 bridgehead atoms. The number of hydrogen-bond donors (Lipinski definition) is 2. The number of hydrogen-bond acceptors (Lipinski definition) is 3. The van der Waals surface area contributed by atoms with Gasteiger partial charge in [0.15, 0.2) is 0 Å². The number of nitrogens with one attached hydrogen (secondary N) is 2. The van der Waals surface area contributed by atoms with Crippen LogP contribution < -0.4 is 15.4 Å². The lowest BCUT2D eigenvalue weighted by atomic mass is 10.0. The van der Waals surface area contributed by atoms with Crippen LogP contribution in [0.4, 0.5) is 5.69 Å². The quantitative estimate of drug-likeness (QED) is 0.750. The van der Waals surface area contributed by atoms with E-state index in [1.54, 1.807) is 13.2 Å². The SMILES string of the molecule is CCC(NC(C)C(=O)Nc1cc(Cl)ccc1C)c1ccc(OC)cc1. The summed E-state index contributed by atoms with van der Waals surface area (Å²) in [7, 11) is 1.65. The summed E-state index contributed by atoms with van der Waals surface area (Å²) in [4.78, 5) is 12.5. The Labute approximate surface area is 154 Å². The summed E-state index contributed by atoms with van der Waals surface area (Å²) in [6.07, 6.45) is 0.875. The van der Waals surface area contributed by atoms with Crippen LogP contribution in [0.1, 0.15) is 37.4 Å². The first-order chi connectivity index (χ1) is 11.9. The van der Waals surface area contributed by atoms with Crippen LogP contribution in [-0.4, -0.2) is 19.1 Å². The maximum atomic E-state index is 12.5. The fraction of sp³-hybridized carbons (Fsp3) is 0.350. The molecule has 2 unspecified atom stereocenters.